The highest BCUT2D eigenvalue weighted by Gasteiger charge is 2.08. The highest BCUT2D eigenvalue weighted by molar-refractivity contribution is 9.10. The SMILES string of the molecule is Cc1ccc(Nc2cncc(C(=O)NCc3ccncc3)c2)c(Br)c1. The second-order valence-electron chi connectivity index (χ2n) is 5.61. The summed E-state index contributed by atoms with van der Waals surface area (Å²) in [6, 6.07) is 11.5. The summed E-state index contributed by atoms with van der Waals surface area (Å²) in [6.45, 7) is 2.48. The molecule has 0 spiro atoms. The van der Waals surface area contributed by atoms with E-state index in [0.717, 1.165) is 21.4 Å². The maximum atomic E-state index is 12.3. The lowest BCUT2D eigenvalue weighted by atomic mass is 10.2. The molecule has 2 aromatic heterocycles. The van der Waals surface area contributed by atoms with E-state index in [-0.39, 0.29) is 5.91 Å². The number of amides is 1. The smallest absolute Gasteiger partial charge is 0.253 e. The molecule has 3 aromatic rings. The molecule has 25 heavy (non-hydrogen) atoms. The Bertz CT molecular complexity index is 884. The van der Waals surface area contributed by atoms with Gasteiger partial charge in [0.1, 0.15) is 0 Å². The van der Waals surface area contributed by atoms with Gasteiger partial charge in [0.2, 0.25) is 0 Å². The number of carbonyl (C=O) groups excluding carboxylic acids is 1. The van der Waals surface area contributed by atoms with Crippen LogP contribution in [0.5, 0.6) is 0 Å². The fraction of sp³-hybridized carbons (Fsp3) is 0.105. The van der Waals surface area contributed by atoms with E-state index in [1.165, 1.54) is 5.56 Å². The van der Waals surface area contributed by atoms with E-state index < -0.39 is 0 Å². The number of nitrogens with zero attached hydrogens (tertiary/aromatic N) is 2. The van der Waals surface area contributed by atoms with Crippen molar-refractivity contribution < 1.29 is 4.79 Å². The molecule has 1 amide bonds. The van der Waals surface area contributed by atoms with Gasteiger partial charge in [-0.25, -0.2) is 0 Å². The van der Waals surface area contributed by atoms with Crippen molar-refractivity contribution in [3.8, 4) is 0 Å². The van der Waals surface area contributed by atoms with E-state index in [9.17, 15) is 4.79 Å². The van der Waals surface area contributed by atoms with Gasteiger partial charge in [0, 0.05) is 29.6 Å². The van der Waals surface area contributed by atoms with E-state index in [1.807, 2.05) is 37.3 Å². The predicted octanol–water partition coefficient (Wildman–Crippen LogP) is 4.22. The number of benzene rings is 1. The van der Waals surface area contributed by atoms with Crippen molar-refractivity contribution in [1.82, 2.24) is 15.3 Å². The monoisotopic (exact) mass is 396 g/mol. The predicted molar refractivity (Wildman–Crippen MR) is 102 cm³/mol. The Hall–Kier alpha value is -2.73. The molecule has 0 radical (unpaired) electrons. The largest absolute Gasteiger partial charge is 0.353 e. The van der Waals surface area contributed by atoms with Crippen molar-refractivity contribution in [2.24, 2.45) is 0 Å². The molecule has 0 aliphatic carbocycles. The number of nitrogens with one attached hydrogen (secondary N) is 2. The van der Waals surface area contributed by atoms with Crippen molar-refractivity contribution >= 4 is 33.2 Å². The van der Waals surface area contributed by atoms with E-state index in [2.05, 4.69) is 36.5 Å². The zero-order valence-corrected chi connectivity index (χ0v) is 15.2. The van der Waals surface area contributed by atoms with Gasteiger partial charge in [-0.15, -0.1) is 0 Å². The summed E-state index contributed by atoms with van der Waals surface area (Å²) >= 11 is 3.54. The van der Waals surface area contributed by atoms with Crippen LogP contribution in [0.15, 0.2) is 65.7 Å². The molecule has 0 atom stereocenters. The van der Waals surface area contributed by atoms with Crippen molar-refractivity contribution in [2.45, 2.75) is 13.5 Å². The van der Waals surface area contributed by atoms with Crippen LogP contribution in [0.4, 0.5) is 11.4 Å². The minimum absolute atomic E-state index is 0.170. The minimum atomic E-state index is -0.170. The van der Waals surface area contributed by atoms with Crippen LogP contribution in [0, 0.1) is 6.92 Å². The molecule has 126 valence electrons. The van der Waals surface area contributed by atoms with Crippen molar-refractivity contribution in [3.63, 3.8) is 0 Å². The summed E-state index contributed by atoms with van der Waals surface area (Å²) in [7, 11) is 0. The van der Waals surface area contributed by atoms with Crippen LogP contribution in [0.2, 0.25) is 0 Å². The van der Waals surface area contributed by atoms with Crippen LogP contribution in [-0.2, 0) is 6.54 Å². The van der Waals surface area contributed by atoms with Gasteiger partial charge in [0.05, 0.1) is 23.1 Å². The molecule has 2 N–H and O–H groups in total. The third-order valence-electron chi connectivity index (χ3n) is 3.61. The zero-order valence-electron chi connectivity index (χ0n) is 13.7. The van der Waals surface area contributed by atoms with E-state index in [4.69, 9.17) is 0 Å². The van der Waals surface area contributed by atoms with Gasteiger partial charge in [-0.05, 0) is 64.3 Å². The third-order valence-corrected chi connectivity index (χ3v) is 4.26. The molecule has 2 heterocycles. The van der Waals surface area contributed by atoms with Crippen molar-refractivity contribution in [3.05, 3.63) is 82.3 Å². The Morgan fingerprint density at radius 3 is 2.64 bits per heavy atom. The first-order valence-electron chi connectivity index (χ1n) is 7.77. The number of aryl methyl sites for hydroxylation is 1. The van der Waals surface area contributed by atoms with Gasteiger partial charge < -0.3 is 10.6 Å². The molecule has 0 unspecified atom stereocenters. The van der Waals surface area contributed by atoms with Gasteiger partial charge in [-0.1, -0.05) is 6.07 Å². The van der Waals surface area contributed by atoms with Crippen LogP contribution >= 0.6 is 15.9 Å². The second kappa shape index (κ2) is 7.90. The first-order chi connectivity index (χ1) is 12.1. The number of hydrogen-bond acceptors (Lipinski definition) is 4. The Kier molecular flexibility index (Phi) is 5.40. The molecule has 0 aliphatic rings. The van der Waals surface area contributed by atoms with Crippen LogP contribution < -0.4 is 10.6 Å². The maximum Gasteiger partial charge on any atom is 0.253 e. The zero-order chi connectivity index (χ0) is 17.6. The molecule has 1 aromatic carbocycles. The highest BCUT2D eigenvalue weighted by atomic mass is 79.9. The average molecular weight is 397 g/mol. The van der Waals surface area contributed by atoms with E-state index in [1.54, 1.807) is 30.9 Å². The summed E-state index contributed by atoms with van der Waals surface area (Å²) in [5.41, 5.74) is 4.33. The van der Waals surface area contributed by atoms with Gasteiger partial charge in [-0.3, -0.25) is 14.8 Å². The van der Waals surface area contributed by atoms with Gasteiger partial charge >= 0.3 is 0 Å². The molecule has 0 aliphatic heterocycles. The number of aromatic nitrogens is 2. The molecule has 0 saturated heterocycles. The fourth-order valence-corrected chi connectivity index (χ4v) is 2.89. The molecule has 6 heteroatoms. The second-order valence-corrected chi connectivity index (χ2v) is 6.46. The average Bonchev–Trinajstić information content (AvgIpc) is 2.63. The highest BCUT2D eigenvalue weighted by Crippen LogP contribution is 2.26. The number of anilines is 2. The van der Waals surface area contributed by atoms with E-state index in [0.29, 0.717) is 12.1 Å². The molecule has 5 nitrogen and oxygen atoms in total. The quantitative estimate of drug-likeness (QED) is 0.677. The number of pyridine rings is 2. The number of rotatable bonds is 5. The summed E-state index contributed by atoms with van der Waals surface area (Å²) in [4.78, 5) is 20.4. The Labute approximate surface area is 154 Å². The molecular weight excluding hydrogens is 380 g/mol. The summed E-state index contributed by atoms with van der Waals surface area (Å²) in [5, 5.41) is 6.15. The number of hydrogen-bond donors (Lipinski definition) is 2. The lowest BCUT2D eigenvalue weighted by molar-refractivity contribution is 0.0950. The van der Waals surface area contributed by atoms with Gasteiger partial charge in [0.25, 0.3) is 5.91 Å². The summed E-state index contributed by atoms with van der Waals surface area (Å²) in [6.07, 6.45) is 6.64. The summed E-state index contributed by atoms with van der Waals surface area (Å²) in [5.74, 6) is -0.170. The standard InChI is InChI=1S/C19H17BrN4O/c1-13-2-3-18(17(20)8-13)24-16-9-15(11-22-12-16)19(25)23-10-14-4-6-21-7-5-14/h2-9,11-12,24H,10H2,1H3,(H,23,25). The number of carbonyl (C=O) groups is 1. The molecule has 0 fully saturated rings. The third kappa shape index (κ3) is 4.64. The van der Waals surface area contributed by atoms with Crippen LogP contribution in [0.1, 0.15) is 21.5 Å². The van der Waals surface area contributed by atoms with Crippen LogP contribution in [0.3, 0.4) is 0 Å². The first-order valence-corrected chi connectivity index (χ1v) is 8.56. The fourth-order valence-electron chi connectivity index (χ4n) is 2.29. The molecule has 0 bridgehead atoms. The van der Waals surface area contributed by atoms with Crippen LogP contribution in [0.25, 0.3) is 0 Å². The van der Waals surface area contributed by atoms with Crippen molar-refractivity contribution in [1.29, 1.82) is 0 Å². The van der Waals surface area contributed by atoms with Gasteiger partial charge in [0.15, 0.2) is 0 Å². The topological polar surface area (TPSA) is 66.9 Å². The van der Waals surface area contributed by atoms with Crippen molar-refractivity contribution in [2.75, 3.05) is 5.32 Å². The Morgan fingerprint density at radius 1 is 1.08 bits per heavy atom. The van der Waals surface area contributed by atoms with Crippen LogP contribution in [-0.4, -0.2) is 15.9 Å². The number of halogens is 1. The first kappa shape index (κ1) is 17.1. The molecular formula is C19H17BrN4O. The van der Waals surface area contributed by atoms with E-state index >= 15 is 0 Å². The molecule has 3 rings (SSSR count). The maximum absolute atomic E-state index is 12.3. The minimum Gasteiger partial charge on any atom is -0.353 e. The normalized spacial score (nSPS) is 10.3. The van der Waals surface area contributed by atoms with Gasteiger partial charge in [-0.2, -0.15) is 0 Å². The molecule has 0 saturated carbocycles. The lowest BCUT2D eigenvalue weighted by Gasteiger charge is -2.10. The summed E-state index contributed by atoms with van der Waals surface area (Å²) < 4.78 is 0.958. The lowest BCUT2D eigenvalue weighted by Crippen LogP contribution is -2.23. The Morgan fingerprint density at radius 2 is 1.88 bits per heavy atom. The Balaban J connectivity index is 1.69.